The molecule has 6 heteroatoms. The third kappa shape index (κ3) is 5.46. The Labute approximate surface area is 121 Å². The number of amides is 1. The Morgan fingerprint density at radius 3 is 2.30 bits per heavy atom. The van der Waals surface area contributed by atoms with Gasteiger partial charge in [-0.3, -0.25) is 4.79 Å². The number of carbonyl (C=O) groups is 1. The molecule has 0 aliphatic carbocycles. The molecule has 1 aromatic carbocycles. The molecule has 1 amide bonds. The molecule has 0 heterocycles. The number of halogens is 2. The summed E-state index contributed by atoms with van der Waals surface area (Å²) in [5.41, 5.74) is 0.0649. The molecule has 0 saturated carbocycles. The van der Waals surface area contributed by atoms with Gasteiger partial charge in [-0.1, -0.05) is 32.5 Å². The number of hydrogen-bond donors (Lipinski definition) is 2. The van der Waals surface area contributed by atoms with E-state index in [1.807, 2.05) is 20.8 Å². The van der Waals surface area contributed by atoms with Crippen LogP contribution in [0.25, 0.3) is 0 Å². The summed E-state index contributed by atoms with van der Waals surface area (Å²) in [6, 6.07) is 5.94. The Morgan fingerprint density at radius 1 is 1.30 bits per heavy atom. The predicted octanol–water partition coefficient (Wildman–Crippen LogP) is 3.14. The van der Waals surface area contributed by atoms with Gasteiger partial charge in [0.2, 0.25) is 0 Å². The molecule has 20 heavy (non-hydrogen) atoms. The molecule has 1 rings (SSSR count). The zero-order chi connectivity index (χ0) is 15.3. The van der Waals surface area contributed by atoms with E-state index in [1.54, 1.807) is 0 Å². The minimum atomic E-state index is -2.48. The van der Waals surface area contributed by atoms with Crippen LogP contribution in [-0.2, 0) is 0 Å². The number of aliphatic hydroxyl groups excluding tert-OH is 1. The van der Waals surface area contributed by atoms with Gasteiger partial charge in [-0.25, -0.2) is 0 Å². The van der Waals surface area contributed by atoms with Crippen molar-refractivity contribution in [3.8, 4) is 0 Å². The summed E-state index contributed by atoms with van der Waals surface area (Å²) in [7, 11) is 0. The van der Waals surface area contributed by atoms with Gasteiger partial charge >= 0.3 is 0 Å². The number of rotatable bonds is 5. The van der Waals surface area contributed by atoms with Crippen molar-refractivity contribution in [2.45, 2.75) is 37.5 Å². The minimum Gasteiger partial charge on any atom is -0.391 e. The van der Waals surface area contributed by atoms with Gasteiger partial charge in [-0.2, -0.15) is 8.78 Å². The van der Waals surface area contributed by atoms with Crippen molar-refractivity contribution in [2.24, 2.45) is 5.41 Å². The lowest BCUT2D eigenvalue weighted by Gasteiger charge is -2.25. The van der Waals surface area contributed by atoms with Gasteiger partial charge in [-0.15, -0.1) is 0 Å². The maximum absolute atomic E-state index is 12.2. The quantitative estimate of drug-likeness (QED) is 0.822. The smallest absolute Gasteiger partial charge is 0.288 e. The first-order chi connectivity index (χ1) is 9.20. The van der Waals surface area contributed by atoms with Crippen molar-refractivity contribution in [3.05, 3.63) is 29.8 Å². The summed E-state index contributed by atoms with van der Waals surface area (Å²) in [4.78, 5) is 12.2. The van der Waals surface area contributed by atoms with E-state index in [2.05, 4.69) is 5.32 Å². The van der Waals surface area contributed by atoms with Crippen LogP contribution in [0.3, 0.4) is 0 Å². The largest absolute Gasteiger partial charge is 0.391 e. The summed E-state index contributed by atoms with van der Waals surface area (Å²) in [5, 5.41) is 12.4. The van der Waals surface area contributed by atoms with Crippen LogP contribution in [0.1, 0.15) is 31.1 Å². The number of alkyl halides is 2. The molecule has 0 saturated heterocycles. The van der Waals surface area contributed by atoms with Crippen LogP contribution in [0.4, 0.5) is 8.78 Å². The van der Waals surface area contributed by atoms with E-state index in [9.17, 15) is 18.7 Å². The van der Waals surface area contributed by atoms with Gasteiger partial charge in [0.15, 0.2) is 0 Å². The molecule has 2 N–H and O–H groups in total. The van der Waals surface area contributed by atoms with Gasteiger partial charge in [0.25, 0.3) is 11.7 Å². The highest BCUT2D eigenvalue weighted by atomic mass is 32.2. The fourth-order valence-electron chi connectivity index (χ4n) is 1.39. The second-order valence-corrected chi connectivity index (χ2v) is 6.56. The average Bonchev–Trinajstić information content (AvgIpc) is 2.34. The molecule has 0 bridgehead atoms. The Morgan fingerprint density at radius 2 is 1.85 bits per heavy atom. The SMILES string of the molecule is CC(C)(C)C(O)CNC(=O)c1ccc(SC(F)F)cc1. The minimum absolute atomic E-state index is 0.149. The van der Waals surface area contributed by atoms with E-state index in [4.69, 9.17) is 0 Å². The van der Waals surface area contributed by atoms with Crippen LogP contribution in [-0.4, -0.2) is 29.4 Å². The average molecular weight is 303 g/mol. The molecule has 0 radical (unpaired) electrons. The summed E-state index contributed by atoms with van der Waals surface area (Å²) >= 11 is 0.435. The van der Waals surface area contributed by atoms with E-state index in [1.165, 1.54) is 24.3 Å². The van der Waals surface area contributed by atoms with Crippen molar-refractivity contribution in [2.75, 3.05) is 6.54 Å². The lowest BCUT2D eigenvalue weighted by Crippen LogP contribution is -2.39. The molecule has 3 nitrogen and oxygen atoms in total. The zero-order valence-corrected chi connectivity index (χ0v) is 12.5. The number of nitrogens with one attached hydrogen (secondary N) is 1. The highest BCUT2D eigenvalue weighted by Crippen LogP contribution is 2.25. The molecule has 1 aromatic rings. The van der Waals surface area contributed by atoms with Gasteiger partial charge in [0.05, 0.1) is 6.10 Å². The van der Waals surface area contributed by atoms with Crippen LogP contribution in [0, 0.1) is 5.41 Å². The first kappa shape index (κ1) is 16.9. The molecule has 0 aliphatic heterocycles. The topological polar surface area (TPSA) is 49.3 Å². The van der Waals surface area contributed by atoms with Crippen LogP contribution in [0.15, 0.2) is 29.2 Å². The summed E-state index contributed by atoms with van der Waals surface area (Å²) in [5.74, 6) is -2.81. The third-order valence-corrected chi connectivity index (χ3v) is 3.52. The summed E-state index contributed by atoms with van der Waals surface area (Å²) in [6.45, 7) is 5.77. The fraction of sp³-hybridized carbons (Fsp3) is 0.500. The zero-order valence-electron chi connectivity index (χ0n) is 11.7. The number of thioether (sulfide) groups is 1. The second-order valence-electron chi connectivity index (χ2n) is 5.49. The molecule has 0 aliphatic rings. The normalized spacial score (nSPS) is 13.3. The van der Waals surface area contributed by atoms with E-state index < -0.39 is 11.9 Å². The first-order valence-electron chi connectivity index (χ1n) is 6.21. The number of aliphatic hydroxyl groups is 1. The monoisotopic (exact) mass is 303 g/mol. The highest BCUT2D eigenvalue weighted by molar-refractivity contribution is 7.99. The van der Waals surface area contributed by atoms with E-state index in [-0.39, 0.29) is 17.9 Å². The van der Waals surface area contributed by atoms with Crippen molar-refractivity contribution >= 4 is 17.7 Å². The van der Waals surface area contributed by atoms with Crippen LogP contribution >= 0.6 is 11.8 Å². The molecule has 1 atom stereocenters. The van der Waals surface area contributed by atoms with Gasteiger partial charge in [0, 0.05) is 17.0 Å². The Balaban J connectivity index is 2.56. The lowest BCUT2D eigenvalue weighted by molar-refractivity contribution is 0.0587. The second kappa shape index (κ2) is 7.04. The van der Waals surface area contributed by atoms with E-state index in [0.717, 1.165) is 0 Å². The number of benzene rings is 1. The lowest BCUT2D eigenvalue weighted by atomic mass is 9.89. The number of hydrogen-bond acceptors (Lipinski definition) is 3. The van der Waals surface area contributed by atoms with Gasteiger partial charge < -0.3 is 10.4 Å². The Hall–Kier alpha value is -1.14. The van der Waals surface area contributed by atoms with Crippen molar-refractivity contribution < 1.29 is 18.7 Å². The molecule has 112 valence electrons. The maximum atomic E-state index is 12.2. The molecular weight excluding hydrogens is 284 g/mol. The fourth-order valence-corrected chi connectivity index (χ4v) is 1.88. The Bertz CT molecular complexity index is 443. The molecule has 1 unspecified atom stereocenters. The summed E-state index contributed by atoms with van der Waals surface area (Å²) < 4.78 is 24.3. The predicted molar refractivity (Wildman–Crippen MR) is 76.1 cm³/mol. The van der Waals surface area contributed by atoms with E-state index in [0.29, 0.717) is 22.2 Å². The van der Waals surface area contributed by atoms with Crippen molar-refractivity contribution in [3.63, 3.8) is 0 Å². The maximum Gasteiger partial charge on any atom is 0.288 e. The van der Waals surface area contributed by atoms with Crippen molar-refractivity contribution in [1.82, 2.24) is 5.32 Å². The summed E-state index contributed by atoms with van der Waals surface area (Å²) in [6.07, 6.45) is -0.653. The molecular formula is C14H19F2NO2S. The van der Waals surface area contributed by atoms with Crippen LogP contribution < -0.4 is 5.32 Å². The highest BCUT2D eigenvalue weighted by Gasteiger charge is 2.22. The van der Waals surface area contributed by atoms with Gasteiger partial charge in [-0.05, 0) is 29.7 Å². The third-order valence-electron chi connectivity index (χ3n) is 2.80. The first-order valence-corrected chi connectivity index (χ1v) is 7.09. The Kier molecular flexibility index (Phi) is 5.95. The molecule has 0 fully saturated rings. The molecule has 0 spiro atoms. The van der Waals surface area contributed by atoms with Crippen molar-refractivity contribution in [1.29, 1.82) is 0 Å². The van der Waals surface area contributed by atoms with E-state index >= 15 is 0 Å². The number of carbonyl (C=O) groups excluding carboxylic acids is 1. The van der Waals surface area contributed by atoms with Crippen LogP contribution in [0.2, 0.25) is 0 Å². The standard InChI is InChI=1S/C14H19F2NO2S/c1-14(2,3)11(18)8-17-12(19)9-4-6-10(7-5-9)20-13(15)16/h4-7,11,13,18H,8H2,1-3H3,(H,17,19). The van der Waals surface area contributed by atoms with Crippen LogP contribution in [0.5, 0.6) is 0 Å². The molecule has 0 aromatic heterocycles. The van der Waals surface area contributed by atoms with Gasteiger partial charge in [0.1, 0.15) is 0 Å².